The van der Waals surface area contributed by atoms with E-state index in [0.717, 1.165) is 16.7 Å². The molecule has 196 valence electrons. The zero-order valence-electron chi connectivity index (χ0n) is 20.4. The van der Waals surface area contributed by atoms with E-state index in [1.807, 2.05) is 31.2 Å². The third-order valence-corrected chi connectivity index (χ3v) is 5.02. The van der Waals surface area contributed by atoms with Gasteiger partial charge in [-0.05, 0) is 63.9 Å². The molecule has 0 heterocycles. The minimum Gasteiger partial charge on any atom is -0.468 e. The Labute approximate surface area is 218 Å². The van der Waals surface area contributed by atoms with Crippen LogP contribution in [0.15, 0.2) is 48.0 Å². The summed E-state index contributed by atoms with van der Waals surface area (Å²) in [6.45, 7) is 6.84. The summed E-state index contributed by atoms with van der Waals surface area (Å²) < 4.78 is 40.6. The zero-order valence-corrected chi connectivity index (χ0v) is 22.0. The Hall–Kier alpha value is -3.04. The monoisotopic (exact) mass is 545 g/mol. The first kappa shape index (κ1) is 31.0. The smallest absolute Gasteiger partial charge is 0.422 e. The van der Waals surface area contributed by atoms with Gasteiger partial charge in [-0.2, -0.15) is 13.2 Å². The molecule has 2 rings (SSSR count). The molecule has 0 bridgehead atoms. The highest BCUT2D eigenvalue weighted by Crippen LogP contribution is 2.26. The van der Waals surface area contributed by atoms with Crippen molar-refractivity contribution in [1.82, 2.24) is 5.32 Å². The summed E-state index contributed by atoms with van der Waals surface area (Å²) in [5.41, 5.74) is 1.93. The molecule has 0 spiro atoms. The van der Waals surface area contributed by atoms with Crippen LogP contribution in [0.1, 0.15) is 42.3 Å². The molecule has 2 amide bonds. The molecule has 0 aliphatic rings. The van der Waals surface area contributed by atoms with Gasteiger partial charge in [0.2, 0.25) is 5.90 Å². The lowest BCUT2D eigenvalue weighted by Crippen LogP contribution is -2.31. The quantitative estimate of drug-likeness (QED) is 0.210. The maximum atomic E-state index is 12.4. The summed E-state index contributed by atoms with van der Waals surface area (Å²) in [4.78, 5) is 24.8. The van der Waals surface area contributed by atoms with Crippen LogP contribution in [0.3, 0.4) is 0 Å². The zero-order chi connectivity index (χ0) is 27.6. The van der Waals surface area contributed by atoms with Gasteiger partial charge in [0.15, 0.2) is 6.61 Å². The SMILES string of the molecule is C/C(=C\C(=N)OCC(F)(F)F)C(=O)Nc1c(C)cc(Cl)cc1C(=O)NC(C)C.Cc1ccccc1Cl. The standard InChI is InChI=1S/C18H21ClF3N3O3.C7H7Cl/c1-9(2)24-17(27)13-7-12(19)5-10(3)15(13)25-16(26)11(4)6-14(23)28-8-18(20,21)22;1-6-4-2-3-5-7(6)8/h5-7,9,23H,8H2,1-4H3,(H,24,27)(H,25,26);2-5H,1H3/b11-6+,23-14?;. The minimum absolute atomic E-state index is 0.0725. The van der Waals surface area contributed by atoms with Crippen molar-refractivity contribution in [3.63, 3.8) is 0 Å². The van der Waals surface area contributed by atoms with Gasteiger partial charge in [0, 0.05) is 27.7 Å². The van der Waals surface area contributed by atoms with Gasteiger partial charge in [-0.25, -0.2) is 0 Å². The normalized spacial score (nSPS) is 11.4. The van der Waals surface area contributed by atoms with Crippen molar-refractivity contribution in [3.8, 4) is 0 Å². The lowest BCUT2D eigenvalue weighted by Gasteiger charge is -2.16. The predicted octanol–water partition coefficient (Wildman–Crippen LogP) is 6.88. The minimum atomic E-state index is -4.59. The van der Waals surface area contributed by atoms with Crippen LogP contribution in [0.4, 0.5) is 18.9 Å². The van der Waals surface area contributed by atoms with Gasteiger partial charge < -0.3 is 15.4 Å². The molecular formula is C25H28Cl2F3N3O3. The van der Waals surface area contributed by atoms with Crippen molar-refractivity contribution in [2.75, 3.05) is 11.9 Å². The molecule has 0 saturated carbocycles. The van der Waals surface area contributed by atoms with E-state index in [-0.39, 0.29) is 22.9 Å². The third-order valence-electron chi connectivity index (χ3n) is 4.38. The summed E-state index contributed by atoms with van der Waals surface area (Å²) in [5.74, 6) is -1.96. The summed E-state index contributed by atoms with van der Waals surface area (Å²) in [5, 5.41) is 13.7. The fourth-order valence-corrected chi connectivity index (χ4v) is 3.06. The van der Waals surface area contributed by atoms with Gasteiger partial charge in [0.1, 0.15) is 0 Å². The van der Waals surface area contributed by atoms with Gasteiger partial charge in [-0.1, -0.05) is 41.4 Å². The van der Waals surface area contributed by atoms with Crippen LogP contribution in [-0.2, 0) is 9.53 Å². The van der Waals surface area contributed by atoms with Crippen LogP contribution in [0, 0.1) is 19.3 Å². The maximum absolute atomic E-state index is 12.4. The molecular weight excluding hydrogens is 518 g/mol. The van der Waals surface area contributed by atoms with Crippen LogP contribution >= 0.6 is 23.2 Å². The molecule has 0 aromatic heterocycles. The lowest BCUT2D eigenvalue weighted by atomic mass is 10.1. The Morgan fingerprint density at radius 1 is 1.11 bits per heavy atom. The van der Waals surface area contributed by atoms with Crippen molar-refractivity contribution in [2.45, 2.75) is 46.8 Å². The molecule has 0 atom stereocenters. The number of rotatable bonds is 6. The first-order valence-electron chi connectivity index (χ1n) is 10.7. The number of nitrogens with one attached hydrogen (secondary N) is 3. The van der Waals surface area contributed by atoms with Gasteiger partial charge in [-0.15, -0.1) is 0 Å². The number of ether oxygens (including phenoxy) is 1. The van der Waals surface area contributed by atoms with Crippen LogP contribution < -0.4 is 10.6 Å². The topological polar surface area (TPSA) is 91.3 Å². The molecule has 0 radical (unpaired) electrons. The highest BCUT2D eigenvalue weighted by Gasteiger charge is 2.28. The molecule has 2 aromatic rings. The van der Waals surface area contributed by atoms with Crippen LogP contribution in [0.2, 0.25) is 10.0 Å². The first-order valence-corrected chi connectivity index (χ1v) is 11.5. The van der Waals surface area contributed by atoms with E-state index in [2.05, 4.69) is 15.4 Å². The number of carbonyl (C=O) groups is 2. The van der Waals surface area contributed by atoms with E-state index in [1.54, 1.807) is 26.8 Å². The van der Waals surface area contributed by atoms with E-state index < -0.39 is 30.5 Å². The molecule has 2 aromatic carbocycles. The summed E-state index contributed by atoms with van der Waals surface area (Å²) in [6, 6.07) is 10.6. The van der Waals surface area contributed by atoms with Crippen molar-refractivity contribution >= 4 is 46.6 Å². The number of benzene rings is 2. The lowest BCUT2D eigenvalue weighted by molar-refractivity contribution is -0.156. The largest absolute Gasteiger partial charge is 0.468 e. The van der Waals surface area contributed by atoms with Crippen molar-refractivity contribution in [3.05, 3.63) is 74.8 Å². The Morgan fingerprint density at radius 3 is 2.22 bits per heavy atom. The Bertz CT molecular complexity index is 1110. The predicted molar refractivity (Wildman–Crippen MR) is 137 cm³/mol. The number of aryl methyl sites for hydroxylation is 2. The number of carbonyl (C=O) groups excluding carboxylic acids is 2. The number of amides is 2. The molecule has 6 nitrogen and oxygen atoms in total. The van der Waals surface area contributed by atoms with Gasteiger partial charge in [0.05, 0.1) is 11.3 Å². The molecule has 0 aliphatic heterocycles. The van der Waals surface area contributed by atoms with E-state index >= 15 is 0 Å². The molecule has 0 saturated heterocycles. The number of halogens is 5. The average molecular weight is 546 g/mol. The number of alkyl halides is 3. The number of hydrogen-bond donors (Lipinski definition) is 3. The van der Waals surface area contributed by atoms with Crippen molar-refractivity contribution in [2.24, 2.45) is 0 Å². The third kappa shape index (κ3) is 11.1. The van der Waals surface area contributed by atoms with Crippen LogP contribution in [0.5, 0.6) is 0 Å². The molecule has 0 unspecified atom stereocenters. The van der Waals surface area contributed by atoms with Gasteiger partial charge in [0.25, 0.3) is 11.8 Å². The number of anilines is 1. The Balaban J connectivity index is 0.000000681. The average Bonchev–Trinajstić information content (AvgIpc) is 2.75. The van der Waals surface area contributed by atoms with Gasteiger partial charge >= 0.3 is 6.18 Å². The van der Waals surface area contributed by atoms with Crippen molar-refractivity contribution < 1.29 is 27.5 Å². The Kier molecular flexibility index (Phi) is 12.0. The van der Waals surface area contributed by atoms with E-state index in [0.29, 0.717) is 10.6 Å². The molecule has 0 fully saturated rings. The second-order valence-electron chi connectivity index (χ2n) is 8.07. The molecule has 36 heavy (non-hydrogen) atoms. The maximum Gasteiger partial charge on any atom is 0.422 e. The summed E-state index contributed by atoms with van der Waals surface area (Å²) >= 11 is 11.7. The summed E-state index contributed by atoms with van der Waals surface area (Å²) in [7, 11) is 0. The van der Waals surface area contributed by atoms with E-state index in [9.17, 15) is 22.8 Å². The molecule has 11 heteroatoms. The molecule has 3 N–H and O–H groups in total. The van der Waals surface area contributed by atoms with E-state index in [1.165, 1.54) is 13.0 Å². The van der Waals surface area contributed by atoms with Crippen LogP contribution in [0.25, 0.3) is 0 Å². The second-order valence-corrected chi connectivity index (χ2v) is 8.92. The fraction of sp³-hybridized carbons (Fsp3) is 0.320. The van der Waals surface area contributed by atoms with E-state index in [4.69, 9.17) is 28.6 Å². The first-order chi connectivity index (χ1) is 16.6. The highest BCUT2D eigenvalue weighted by atomic mass is 35.5. The van der Waals surface area contributed by atoms with Crippen LogP contribution in [-0.4, -0.2) is 36.5 Å². The second kappa shape index (κ2) is 13.9. The molecule has 0 aliphatic carbocycles. The number of hydrogen-bond acceptors (Lipinski definition) is 4. The van der Waals surface area contributed by atoms with Gasteiger partial charge in [-0.3, -0.25) is 15.0 Å². The Morgan fingerprint density at radius 2 is 1.72 bits per heavy atom. The van der Waals surface area contributed by atoms with Crippen molar-refractivity contribution in [1.29, 1.82) is 5.41 Å². The highest BCUT2D eigenvalue weighted by molar-refractivity contribution is 6.31. The fourth-order valence-electron chi connectivity index (χ4n) is 2.65. The summed E-state index contributed by atoms with van der Waals surface area (Å²) in [6.07, 6.45) is -3.73.